The first-order valence-corrected chi connectivity index (χ1v) is 16.2. The van der Waals surface area contributed by atoms with E-state index >= 15 is 0 Å². The maximum absolute atomic E-state index is 14.3. The average molecular weight is 603 g/mol. The molecule has 2 aromatic carbocycles. The van der Waals surface area contributed by atoms with Crippen LogP contribution in [0.3, 0.4) is 0 Å². The van der Waals surface area contributed by atoms with Gasteiger partial charge in [0.15, 0.2) is 5.96 Å². The second-order valence-corrected chi connectivity index (χ2v) is 13.9. The number of phenolic OH excluding ortho intramolecular Hbond substituents is 1. The van der Waals surface area contributed by atoms with E-state index in [1.807, 2.05) is 24.3 Å². The molecule has 9 nitrogen and oxygen atoms in total. The number of amides is 2. The van der Waals surface area contributed by atoms with Crippen molar-refractivity contribution in [2.75, 3.05) is 26.2 Å². The predicted octanol–water partition coefficient (Wildman–Crippen LogP) is 3.18. The summed E-state index contributed by atoms with van der Waals surface area (Å²) in [4.78, 5) is 34.1. The summed E-state index contributed by atoms with van der Waals surface area (Å²) in [6.07, 6.45) is 3.89. The van der Waals surface area contributed by atoms with Crippen LogP contribution in [0, 0.1) is 17.8 Å². The van der Waals surface area contributed by atoms with Gasteiger partial charge in [-0.2, -0.15) is 0 Å². The molecule has 0 aromatic heterocycles. The normalized spacial score (nSPS) is 28.1. The minimum absolute atomic E-state index is 0.0195. The van der Waals surface area contributed by atoms with Crippen LogP contribution in [0.1, 0.15) is 70.1 Å². The van der Waals surface area contributed by atoms with Crippen molar-refractivity contribution in [1.29, 1.82) is 0 Å². The third-order valence-corrected chi connectivity index (χ3v) is 10.6. The van der Waals surface area contributed by atoms with Gasteiger partial charge >= 0.3 is 0 Å². The minimum atomic E-state index is -0.660. The van der Waals surface area contributed by atoms with Crippen molar-refractivity contribution >= 4 is 17.8 Å². The van der Waals surface area contributed by atoms with Gasteiger partial charge in [0.1, 0.15) is 11.8 Å². The number of phenols is 1. The Balaban J connectivity index is 1.32. The minimum Gasteiger partial charge on any atom is -0.508 e. The molecule has 0 unspecified atom stereocenters. The summed E-state index contributed by atoms with van der Waals surface area (Å²) < 4.78 is 0. The molecule has 1 aliphatic heterocycles. The molecule has 2 aromatic rings. The lowest BCUT2D eigenvalue weighted by Crippen LogP contribution is -2.58. The molecule has 6 atom stereocenters. The highest BCUT2D eigenvalue weighted by Crippen LogP contribution is 2.57. The second-order valence-electron chi connectivity index (χ2n) is 13.9. The maximum Gasteiger partial charge on any atom is 0.242 e. The van der Waals surface area contributed by atoms with Gasteiger partial charge in [-0.25, -0.2) is 0 Å². The first-order chi connectivity index (χ1) is 21.0. The topological polar surface area (TPSA) is 146 Å². The SMILES string of the molecule is CC(C)C[C@H](NC(=O)[C@]1(c2ccccc2)C[C@@H]1CN1CC[C@@]2(C)c3cc(O)ccc3C[C@@H]1[C@H]2C)C(=O)NCCCN=C(N)N. The van der Waals surface area contributed by atoms with Crippen LogP contribution in [0.25, 0.3) is 0 Å². The van der Waals surface area contributed by atoms with Gasteiger partial charge in [0, 0.05) is 25.7 Å². The largest absolute Gasteiger partial charge is 0.508 e. The molecule has 238 valence electrons. The van der Waals surface area contributed by atoms with Gasteiger partial charge in [0.2, 0.25) is 11.8 Å². The third kappa shape index (κ3) is 6.29. The lowest BCUT2D eigenvalue weighted by atomic mass is 9.59. The van der Waals surface area contributed by atoms with Crippen molar-refractivity contribution in [1.82, 2.24) is 15.5 Å². The molecule has 2 bridgehead atoms. The Morgan fingerprint density at radius 1 is 1.16 bits per heavy atom. The number of benzene rings is 2. The van der Waals surface area contributed by atoms with E-state index in [0.717, 1.165) is 37.9 Å². The van der Waals surface area contributed by atoms with Crippen molar-refractivity contribution < 1.29 is 14.7 Å². The molecular formula is C35H50N6O3. The first-order valence-electron chi connectivity index (χ1n) is 16.2. The number of rotatable bonds is 12. The first kappa shape index (κ1) is 31.8. The van der Waals surface area contributed by atoms with Gasteiger partial charge in [-0.05, 0) is 90.6 Å². The lowest BCUT2D eigenvalue weighted by molar-refractivity contribution is -0.131. The molecule has 44 heavy (non-hydrogen) atoms. The number of nitrogens with two attached hydrogens (primary N) is 2. The number of aromatic hydroxyl groups is 1. The summed E-state index contributed by atoms with van der Waals surface area (Å²) in [6, 6.07) is 15.7. The van der Waals surface area contributed by atoms with Crippen LogP contribution in [0.5, 0.6) is 5.75 Å². The zero-order valence-corrected chi connectivity index (χ0v) is 26.7. The molecule has 5 rings (SSSR count). The number of carbonyl (C=O) groups is 2. The number of nitrogens with one attached hydrogen (secondary N) is 2. The molecule has 1 heterocycles. The molecule has 0 spiro atoms. The van der Waals surface area contributed by atoms with Gasteiger partial charge in [0.05, 0.1) is 5.41 Å². The Morgan fingerprint density at radius 3 is 2.61 bits per heavy atom. The third-order valence-electron chi connectivity index (χ3n) is 10.6. The van der Waals surface area contributed by atoms with Crippen molar-refractivity contribution in [3.8, 4) is 5.75 Å². The summed E-state index contributed by atoms with van der Waals surface area (Å²) in [5.74, 6) is 0.955. The Hall–Kier alpha value is -3.59. The quantitative estimate of drug-likeness (QED) is 0.143. The Morgan fingerprint density at radius 2 is 1.91 bits per heavy atom. The average Bonchev–Trinajstić information content (AvgIpc) is 3.71. The fourth-order valence-electron chi connectivity index (χ4n) is 7.87. The molecule has 2 fully saturated rings. The molecule has 0 radical (unpaired) electrons. The van der Waals surface area contributed by atoms with Crippen molar-refractivity contribution in [2.45, 2.75) is 82.7 Å². The molecule has 1 saturated heterocycles. The van der Waals surface area contributed by atoms with E-state index in [1.54, 1.807) is 6.07 Å². The van der Waals surface area contributed by atoms with Gasteiger partial charge in [-0.1, -0.05) is 64.1 Å². The summed E-state index contributed by atoms with van der Waals surface area (Å²) >= 11 is 0. The smallest absolute Gasteiger partial charge is 0.242 e. The molecular weight excluding hydrogens is 552 g/mol. The number of likely N-dealkylation sites (tertiary alicyclic amines) is 1. The highest BCUT2D eigenvalue weighted by Gasteiger charge is 2.62. The van der Waals surface area contributed by atoms with E-state index in [4.69, 9.17) is 11.5 Å². The van der Waals surface area contributed by atoms with E-state index in [0.29, 0.717) is 43.6 Å². The van der Waals surface area contributed by atoms with E-state index < -0.39 is 11.5 Å². The summed E-state index contributed by atoms with van der Waals surface area (Å²) in [6.45, 7) is 11.5. The molecule has 3 aliphatic rings. The standard InChI is InChI=1S/C35H50N6O3/c1-22(2)17-29(31(43)38-14-8-15-39-33(36)37)40-32(44)35(25-9-6-5-7-10-25)20-26(35)21-41-16-13-34(4)23(3)30(41)18-24-11-12-27(42)19-28(24)34/h5-7,9-12,19,22-23,26,29-30,42H,8,13-18,20-21H2,1-4H3,(H,38,43)(H,40,44)(H4,36,37,39)/t23-,26-,29+,30-,34-,35+/m1/s1. The van der Waals surface area contributed by atoms with Gasteiger partial charge in [0.25, 0.3) is 0 Å². The summed E-state index contributed by atoms with van der Waals surface area (Å²) in [7, 11) is 0. The number of aliphatic imine (C=N–C) groups is 1. The van der Waals surface area contributed by atoms with E-state index in [-0.39, 0.29) is 35.0 Å². The van der Waals surface area contributed by atoms with Crippen LogP contribution in [-0.4, -0.2) is 66.0 Å². The van der Waals surface area contributed by atoms with Crippen LogP contribution in [0.2, 0.25) is 0 Å². The molecule has 9 heteroatoms. The number of hydrogen-bond acceptors (Lipinski definition) is 5. The maximum atomic E-state index is 14.3. The number of nitrogens with zero attached hydrogens (tertiary/aromatic N) is 2. The zero-order chi connectivity index (χ0) is 31.6. The number of carbonyl (C=O) groups excluding carboxylic acids is 2. The Bertz CT molecular complexity index is 1380. The highest BCUT2D eigenvalue weighted by atomic mass is 16.3. The van der Waals surface area contributed by atoms with E-state index in [2.05, 4.69) is 66.4 Å². The number of hydrogen-bond donors (Lipinski definition) is 5. The fraction of sp³-hybridized carbons (Fsp3) is 0.571. The van der Waals surface area contributed by atoms with Crippen molar-refractivity contribution in [2.24, 2.45) is 34.2 Å². The Kier molecular flexibility index (Phi) is 9.25. The van der Waals surface area contributed by atoms with Crippen molar-refractivity contribution in [3.63, 3.8) is 0 Å². The van der Waals surface area contributed by atoms with Crippen molar-refractivity contribution in [3.05, 3.63) is 65.2 Å². The summed E-state index contributed by atoms with van der Waals surface area (Å²) in [5, 5.41) is 16.4. The molecule has 2 aliphatic carbocycles. The Labute approximate surface area is 261 Å². The second kappa shape index (κ2) is 12.8. The van der Waals surface area contributed by atoms with Crippen LogP contribution in [0.15, 0.2) is 53.5 Å². The van der Waals surface area contributed by atoms with Crippen LogP contribution in [0.4, 0.5) is 0 Å². The van der Waals surface area contributed by atoms with E-state index in [9.17, 15) is 14.7 Å². The van der Waals surface area contributed by atoms with Gasteiger partial charge < -0.3 is 27.2 Å². The predicted molar refractivity (Wildman–Crippen MR) is 174 cm³/mol. The van der Waals surface area contributed by atoms with Crippen LogP contribution >= 0.6 is 0 Å². The van der Waals surface area contributed by atoms with E-state index in [1.165, 1.54) is 11.1 Å². The monoisotopic (exact) mass is 602 g/mol. The van der Waals surface area contributed by atoms with Crippen LogP contribution in [-0.2, 0) is 26.8 Å². The number of piperidine rings is 1. The number of guanidine groups is 1. The molecule has 1 saturated carbocycles. The lowest BCUT2D eigenvalue weighted by Gasteiger charge is -2.55. The zero-order valence-electron chi connectivity index (χ0n) is 26.7. The number of fused-ring (bicyclic) bond motifs is 4. The molecule has 7 N–H and O–H groups in total. The fourth-order valence-corrected chi connectivity index (χ4v) is 7.87. The van der Waals surface area contributed by atoms with Gasteiger partial charge in [-0.15, -0.1) is 0 Å². The highest BCUT2D eigenvalue weighted by molar-refractivity contribution is 5.95. The molecule has 2 amide bonds. The van der Waals surface area contributed by atoms with Crippen LogP contribution < -0.4 is 22.1 Å². The summed E-state index contributed by atoms with van der Waals surface area (Å²) in [5.41, 5.74) is 13.8. The van der Waals surface area contributed by atoms with Gasteiger partial charge in [-0.3, -0.25) is 19.5 Å².